The van der Waals surface area contributed by atoms with Crippen molar-refractivity contribution in [3.63, 3.8) is 0 Å². The van der Waals surface area contributed by atoms with E-state index in [4.69, 9.17) is 14.2 Å². The van der Waals surface area contributed by atoms with E-state index in [1.165, 1.54) is 0 Å². The van der Waals surface area contributed by atoms with Gasteiger partial charge in [0.05, 0.1) is 20.8 Å². The van der Waals surface area contributed by atoms with Gasteiger partial charge < -0.3 is 14.2 Å². The summed E-state index contributed by atoms with van der Waals surface area (Å²) in [7, 11) is 3.17. The van der Waals surface area contributed by atoms with Gasteiger partial charge in [-0.1, -0.05) is 30.3 Å². The number of pyridine rings is 1. The zero-order chi connectivity index (χ0) is 19.8. The summed E-state index contributed by atoms with van der Waals surface area (Å²) in [5.74, 6) is 2.24. The van der Waals surface area contributed by atoms with Crippen LogP contribution < -0.4 is 19.1 Å². The van der Waals surface area contributed by atoms with Gasteiger partial charge in [-0.25, -0.2) is 4.98 Å². The van der Waals surface area contributed by atoms with Crippen molar-refractivity contribution >= 4 is 11.7 Å². The number of ether oxygens (including phenoxy) is 3. The molecule has 0 aliphatic heterocycles. The van der Waals surface area contributed by atoms with Crippen molar-refractivity contribution in [1.82, 2.24) is 4.98 Å². The summed E-state index contributed by atoms with van der Waals surface area (Å²) in [5, 5.41) is 0. The normalized spacial score (nSPS) is 10.2. The molecule has 0 fully saturated rings. The van der Waals surface area contributed by atoms with E-state index in [2.05, 4.69) is 4.98 Å². The smallest absolute Gasteiger partial charge is 0.266 e. The fourth-order valence-corrected chi connectivity index (χ4v) is 2.71. The number of benzene rings is 2. The molecule has 0 N–H and O–H groups in total. The van der Waals surface area contributed by atoms with Crippen LogP contribution in [0.3, 0.4) is 0 Å². The molecule has 0 radical (unpaired) electrons. The van der Waals surface area contributed by atoms with E-state index in [0.717, 1.165) is 5.56 Å². The van der Waals surface area contributed by atoms with Gasteiger partial charge in [0.25, 0.3) is 5.91 Å². The number of aromatic nitrogens is 1. The largest absolute Gasteiger partial charge is 0.493 e. The molecular formula is C22H22N2O4. The Kier molecular flexibility index (Phi) is 6.46. The quantitative estimate of drug-likeness (QED) is 0.598. The molecule has 0 spiro atoms. The number of methoxy groups -OCH3 is 2. The third-order valence-electron chi connectivity index (χ3n) is 4.12. The van der Waals surface area contributed by atoms with Gasteiger partial charge in [0.1, 0.15) is 11.6 Å². The molecule has 28 heavy (non-hydrogen) atoms. The molecule has 3 rings (SSSR count). The average molecular weight is 378 g/mol. The summed E-state index contributed by atoms with van der Waals surface area (Å²) in [4.78, 5) is 18.8. The Morgan fingerprint density at radius 3 is 2.36 bits per heavy atom. The van der Waals surface area contributed by atoms with Crippen molar-refractivity contribution in [2.45, 2.75) is 6.54 Å². The first-order chi connectivity index (χ1) is 13.7. The zero-order valence-electron chi connectivity index (χ0n) is 15.9. The molecule has 0 atom stereocenters. The molecule has 6 heteroatoms. The fraction of sp³-hybridized carbons (Fsp3) is 0.182. The van der Waals surface area contributed by atoms with Crippen molar-refractivity contribution in [3.05, 3.63) is 78.5 Å². The van der Waals surface area contributed by atoms with Gasteiger partial charge in [-0.05, 0) is 42.0 Å². The molecular weight excluding hydrogens is 356 g/mol. The zero-order valence-corrected chi connectivity index (χ0v) is 15.9. The molecule has 0 aliphatic carbocycles. The van der Waals surface area contributed by atoms with Crippen LogP contribution in [-0.4, -0.2) is 31.7 Å². The summed E-state index contributed by atoms with van der Waals surface area (Å²) < 4.78 is 16.3. The SMILES string of the molecule is COc1ccc(CN(C(=O)COc2ccccc2)c2ccccn2)cc1OC. The highest BCUT2D eigenvalue weighted by atomic mass is 16.5. The van der Waals surface area contributed by atoms with E-state index in [1.54, 1.807) is 31.4 Å². The van der Waals surface area contributed by atoms with E-state index in [9.17, 15) is 4.79 Å². The standard InChI is InChI=1S/C22H22N2O4/c1-26-19-12-11-17(14-20(19)27-2)15-24(21-10-6-7-13-23-21)22(25)16-28-18-8-4-3-5-9-18/h3-14H,15-16H2,1-2H3. The van der Waals surface area contributed by atoms with Gasteiger partial charge in [0.15, 0.2) is 18.1 Å². The Balaban J connectivity index is 1.80. The summed E-state index contributed by atoms with van der Waals surface area (Å²) in [6.45, 7) is 0.238. The Bertz CT molecular complexity index is 901. The molecule has 3 aromatic rings. The third-order valence-corrected chi connectivity index (χ3v) is 4.12. The molecule has 0 bridgehead atoms. The number of amides is 1. The second kappa shape index (κ2) is 9.41. The van der Waals surface area contributed by atoms with E-state index in [1.807, 2.05) is 60.7 Å². The van der Waals surface area contributed by atoms with E-state index < -0.39 is 0 Å². The molecule has 0 unspecified atom stereocenters. The highest BCUT2D eigenvalue weighted by Gasteiger charge is 2.19. The van der Waals surface area contributed by atoms with Crippen molar-refractivity contribution in [2.24, 2.45) is 0 Å². The van der Waals surface area contributed by atoms with Crippen molar-refractivity contribution in [1.29, 1.82) is 0 Å². The van der Waals surface area contributed by atoms with E-state index >= 15 is 0 Å². The first-order valence-electron chi connectivity index (χ1n) is 8.81. The molecule has 0 saturated carbocycles. The lowest BCUT2D eigenvalue weighted by Crippen LogP contribution is -2.35. The lowest BCUT2D eigenvalue weighted by atomic mass is 10.2. The van der Waals surface area contributed by atoms with Crippen LogP contribution in [-0.2, 0) is 11.3 Å². The number of hydrogen-bond donors (Lipinski definition) is 0. The average Bonchev–Trinajstić information content (AvgIpc) is 2.77. The number of para-hydroxylation sites is 1. The van der Waals surface area contributed by atoms with Gasteiger partial charge in [-0.2, -0.15) is 0 Å². The highest BCUT2D eigenvalue weighted by molar-refractivity contribution is 5.93. The van der Waals surface area contributed by atoms with Crippen LogP contribution in [0.25, 0.3) is 0 Å². The van der Waals surface area contributed by atoms with Gasteiger partial charge in [0, 0.05) is 6.20 Å². The lowest BCUT2D eigenvalue weighted by Gasteiger charge is -2.22. The van der Waals surface area contributed by atoms with E-state index in [0.29, 0.717) is 29.6 Å². The minimum atomic E-state index is -0.197. The predicted octanol–water partition coefficient (Wildman–Crippen LogP) is 3.71. The Hall–Kier alpha value is -3.54. The van der Waals surface area contributed by atoms with Gasteiger partial charge in [-0.3, -0.25) is 9.69 Å². The Labute approximate surface area is 164 Å². The minimum absolute atomic E-state index is 0.0894. The van der Waals surface area contributed by atoms with Crippen LogP contribution in [0, 0.1) is 0 Å². The van der Waals surface area contributed by atoms with Crippen molar-refractivity contribution < 1.29 is 19.0 Å². The summed E-state index contributed by atoms with van der Waals surface area (Å²) in [5.41, 5.74) is 0.886. The maximum Gasteiger partial charge on any atom is 0.266 e. The van der Waals surface area contributed by atoms with Crippen LogP contribution in [0.2, 0.25) is 0 Å². The number of hydrogen-bond acceptors (Lipinski definition) is 5. The maximum atomic E-state index is 12.9. The third kappa shape index (κ3) is 4.79. The number of anilines is 1. The van der Waals surface area contributed by atoms with Crippen LogP contribution in [0.15, 0.2) is 72.9 Å². The van der Waals surface area contributed by atoms with Gasteiger partial charge in [-0.15, -0.1) is 0 Å². The second-order valence-electron chi connectivity index (χ2n) is 5.96. The Morgan fingerprint density at radius 1 is 0.929 bits per heavy atom. The molecule has 2 aromatic carbocycles. The van der Waals surface area contributed by atoms with Crippen LogP contribution in [0.1, 0.15) is 5.56 Å². The lowest BCUT2D eigenvalue weighted by molar-refractivity contribution is -0.120. The first kappa shape index (κ1) is 19.2. The number of carbonyl (C=O) groups excluding carboxylic acids is 1. The molecule has 6 nitrogen and oxygen atoms in total. The Morgan fingerprint density at radius 2 is 1.68 bits per heavy atom. The number of nitrogens with zero attached hydrogens (tertiary/aromatic N) is 2. The highest BCUT2D eigenvalue weighted by Crippen LogP contribution is 2.28. The van der Waals surface area contributed by atoms with Crippen molar-refractivity contribution in [3.8, 4) is 17.2 Å². The number of rotatable bonds is 8. The second-order valence-corrected chi connectivity index (χ2v) is 5.96. The molecule has 1 aromatic heterocycles. The molecule has 0 aliphatic rings. The predicted molar refractivity (Wildman–Crippen MR) is 107 cm³/mol. The summed E-state index contributed by atoms with van der Waals surface area (Å²) >= 11 is 0. The van der Waals surface area contributed by atoms with Crippen molar-refractivity contribution in [2.75, 3.05) is 25.7 Å². The maximum absolute atomic E-state index is 12.9. The fourth-order valence-electron chi connectivity index (χ4n) is 2.71. The van der Waals surface area contributed by atoms with Crippen LogP contribution >= 0.6 is 0 Å². The first-order valence-corrected chi connectivity index (χ1v) is 8.81. The number of carbonyl (C=O) groups is 1. The summed E-state index contributed by atoms with van der Waals surface area (Å²) in [6, 6.07) is 20.2. The summed E-state index contributed by atoms with van der Waals surface area (Å²) in [6.07, 6.45) is 1.66. The van der Waals surface area contributed by atoms with Crippen LogP contribution in [0.4, 0.5) is 5.82 Å². The van der Waals surface area contributed by atoms with Crippen LogP contribution in [0.5, 0.6) is 17.2 Å². The molecule has 1 heterocycles. The van der Waals surface area contributed by atoms with Gasteiger partial charge in [0.2, 0.25) is 0 Å². The monoisotopic (exact) mass is 378 g/mol. The molecule has 0 saturated heterocycles. The van der Waals surface area contributed by atoms with Gasteiger partial charge >= 0.3 is 0 Å². The topological polar surface area (TPSA) is 60.9 Å². The molecule has 1 amide bonds. The minimum Gasteiger partial charge on any atom is -0.493 e. The molecule has 144 valence electrons. The van der Waals surface area contributed by atoms with E-state index in [-0.39, 0.29) is 12.5 Å².